The Kier molecular flexibility index (Phi) is 6.88. The summed E-state index contributed by atoms with van der Waals surface area (Å²) < 4.78 is 1.99. The highest BCUT2D eigenvalue weighted by Crippen LogP contribution is 2.26. The Morgan fingerprint density at radius 3 is 2.72 bits per heavy atom. The first-order valence-corrected chi connectivity index (χ1v) is 10.6. The number of nitrogens with one attached hydrogen (secondary N) is 1. The summed E-state index contributed by atoms with van der Waals surface area (Å²) in [5.74, 6) is 1.32. The van der Waals surface area contributed by atoms with E-state index in [-0.39, 0.29) is 11.7 Å². The van der Waals surface area contributed by atoms with Gasteiger partial charge in [0, 0.05) is 17.8 Å². The molecule has 29 heavy (non-hydrogen) atoms. The van der Waals surface area contributed by atoms with E-state index in [0.717, 1.165) is 28.2 Å². The Labute approximate surface area is 176 Å². The first kappa shape index (κ1) is 20.9. The van der Waals surface area contributed by atoms with Crippen molar-refractivity contribution in [2.75, 3.05) is 11.1 Å². The van der Waals surface area contributed by atoms with E-state index in [4.69, 9.17) is 0 Å². The van der Waals surface area contributed by atoms with Gasteiger partial charge in [0.1, 0.15) is 0 Å². The second-order valence-corrected chi connectivity index (χ2v) is 8.10. The summed E-state index contributed by atoms with van der Waals surface area (Å²) in [5, 5.41) is 12.4. The molecular formula is C23H26N4OS. The number of amides is 1. The Bertz CT molecular complexity index is 1010. The highest BCUT2D eigenvalue weighted by Gasteiger charge is 2.16. The van der Waals surface area contributed by atoms with Gasteiger partial charge in [-0.3, -0.25) is 9.36 Å². The van der Waals surface area contributed by atoms with Crippen LogP contribution >= 0.6 is 11.8 Å². The quantitative estimate of drug-likeness (QED) is 0.408. The number of nitrogens with zero attached hydrogens (tertiary/aromatic N) is 3. The molecule has 5 nitrogen and oxygen atoms in total. The van der Waals surface area contributed by atoms with Crippen molar-refractivity contribution in [3.63, 3.8) is 0 Å². The van der Waals surface area contributed by atoms with Gasteiger partial charge in [-0.25, -0.2) is 0 Å². The van der Waals surface area contributed by atoms with Crippen LogP contribution in [0.25, 0.3) is 11.4 Å². The van der Waals surface area contributed by atoms with Crippen molar-refractivity contribution in [3.8, 4) is 11.4 Å². The molecule has 0 saturated carbocycles. The van der Waals surface area contributed by atoms with Crippen LogP contribution in [-0.4, -0.2) is 26.4 Å². The molecule has 0 aliphatic carbocycles. The van der Waals surface area contributed by atoms with Gasteiger partial charge in [-0.15, -0.1) is 16.8 Å². The molecule has 2 aromatic carbocycles. The van der Waals surface area contributed by atoms with Crippen molar-refractivity contribution in [1.29, 1.82) is 0 Å². The van der Waals surface area contributed by atoms with Gasteiger partial charge in [-0.1, -0.05) is 73.6 Å². The summed E-state index contributed by atoms with van der Waals surface area (Å²) in [7, 11) is 0. The monoisotopic (exact) mass is 406 g/mol. The minimum absolute atomic E-state index is 0.0617. The Balaban J connectivity index is 1.74. The van der Waals surface area contributed by atoms with Crippen LogP contribution in [0.1, 0.15) is 30.9 Å². The van der Waals surface area contributed by atoms with Crippen molar-refractivity contribution in [2.24, 2.45) is 0 Å². The zero-order chi connectivity index (χ0) is 20.8. The van der Waals surface area contributed by atoms with Crippen molar-refractivity contribution < 1.29 is 4.79 Å². The summed E-state index contributed by atoms with van der Waals surface area (Å²) in [4.78, 5) is 12.5. The topological polar surface area (TPSA) is 59.8 Å². The summed E-state index contributed by atoms with van der Waals surface area (Å²) in [6.45, 7) is 10.7. The molecule has 0 radical (unpaired) electrons. The number of carbonyl (C=O) groups excluding carboxylic acids is 1. The number of benzene rings is 2. The fraction of sp³-hybridized carbons (Fsp3) is 0.261. The van der Waals surface area contributed by atoms with E-state index >= 15 is 0 Å². The molecule has 0 saturated heterocycles. The number of hydrogen-bond donors (Lipinski definition) is 1. The van der Waals surface area contributed by atoms with Crippen LogP contribution in [0.5, 0.6) is 0 Å². The van der Waals surface area contributed by atoms with E-state index in [1.54, 1.807) is 0 Å². The minimum Gasteiger partial charge on any atom is -0.325 e. The van der Waals surface area contributed by atoms with E-state index in [9.17, 15) is 4.79 Å². The maximum absolute atomic E-state index is 12.5. The molecule has 1 N–H and O–H groups in total. The smallest absolute Gasteiger partial charge is 0.234 e. The van der Waals surface area contributed by atoms with Gasteiger partial charge in [0.25, 0.3) is 0 Å². The van der Waals surface area contributed by atoms with E-state index in [2.05, 4.69) is 42.0 Å². The van der Waals surface area contributed by atoms with E-state index in [1.165, 1.54) is 11.8 Å². The van der Waals surface area contributed by atoms with Crippen molar-refractivity contribution >= 4 is 23.4 Å². The van der Waals surface area contributed by atoms with Crippen molar-refractivity contribution in [1.82, 2.24) is 14.8 Å². The molecule has 150 valence electrons. The van der Waals surface area contributed by atoms with Gasteiger partial charge in [0.2, 0.25) is 5.91 Å². The third kappa shape index (κ3) is 5.15. The van der Waals surface area contributed by atoms with Gasteiger partial charge >= 0.3 is 0 Å². The van der Waals surface area contributed by atoms with Gasteiger partial charge in [0.05, 0.1) is 5.75 Å². The van der Waals surface area contributed by atoms with Crippen LogP contribution < -0.4 is 5.32 Å². The van der Waals surface area contributed by atoms with Crippen LogP contribution in [0.2, 0.25) is 0 Å². The minimum atomic E-state index is -0.0617. The summed E-state index contributed by atoms with van der Waals surface area (Å²) in [5.41, 5.74) is 4.15. The van der Waals surface area contributed by atoms with Gasteiger partial charge in [0.15, 0.2) is 11.0 Å². The first-order valence-electron chi connectivity index (χ1n) is 9.62. The second kappa shape index (κ2) is 9.56. The highest BCUT2D eigenvalue weighted by molar-refractivity contribution is 7.99. The molecule has 0 bridgehead atoms. The lowest BCUT2D eigenvalue weighted by Crippen LogP contribution is -2.16. The molecule has 0 atom stereocenters. The predicted octanol–water partition coefficient (Wildman–Crippen LogP) is 5.29. The SMILES string of the molecule is C=CCn1c(SCC(=O)Nc2ccccc2C(C)C)nnc1-c1cccc(C)c1. The van der Waals surface area contributed by atoms with Gasteiger partial charge in [-0.2, -0.15) is 0 Å². The number of carbonyl (C=O) groups is 1. The van der Waals surface area contributed by atoms with Crippen LogP contribution in [0.15, 0.2) is 66.3 Å². The molecule has 1 heterocycles. The molecule has 1 amide bonds. The first-order chi connectivity index (χ1) is 14.0. The molecule has 0 spiro atoms. The number of aromatic nitrogens is 3. The normalized spacial score (nSPS) is 10.9. The molecular weight excluding hydrogens is 380 g/mol. The summed E-state index contributed by atoms with van der Waals surface area (Å²) >= 11 is 1.38. The fourth-order valence-electron chi connectivity index (χ4n) is 3.12. The predicted molar refractivity (Wildman–Crippen MR) is 120 cm³/mol. The van der Waals surface area contributed by atoms with Gasteiger partial charge < -0.3 is 5.32 Å². The van der Waals surface area contributed by atoms with Crippen molar-refractivity contribution in [2.45, 2.75) is 38.4 Å². The largest absolute Gasteiger partial charge is 0.325 e. The Morgan fingerprint density at radius 2 is 2.00 bits per heavy atom. The van der Waals surface area contributed by atoms with Crippen molar-refractivity contribution in [3.05, 3.63) is 72.3 Å². The van der Waals surface area contributed by atoms with Crippen LogP contribution in [-0.2, 0) is 11.3 Å². The highest BCUT2D eigenvalue weighted by atomic mass is 32.2. The maximum Gasteiger partial charge on any atom is 0.234 e. The maximum atomic E-state index is 12.5. The van der Waals surface area contributed by atoms with Crippen LogP contribution in [0.3, 0.4) is 0 Å². The number of anilines is 1. The molecule has 1 aromatic heterocycles. The fourth-order valence-corrected chi connectivity index (χ4v) is 3.87. The third-order valence-electron chi connectivity index (χ3n) is 4.49. The molecule has 0 aliphatic heterocycles. The van der Waals surface area contributed by atoms with E-state index in [1.807, 2.05) is 60.0 Å². The molecule has 0 unspecified atom stereocenters. The van der Waals surface area contributed by atoms with E-state index in [0.29, 0.717) is 17.6 Å². The summed E-state index contributed by atoms with van der Waals surface area (Å²) in [6, 6.07) is 16.1. The summed E-state index contributed by atoms with van der Waals surface area (Å²) in [6.07, 6.45) is 1.81. The standard InChI is InChI=1S/C23H26N4OS/c1-5-13-27-22(18-10-8-9-17(4)14-18)25-26-23(27)29-15-21(28)24-20-12-7-6-11-19(20)16(2)3/h5-12,14,16H,1,13,15H2,2-4H3,(H,24,28). The number of hydrogen-bond acceptors (Lipinski definition) is 4. The molecule has 6 heteroatoms. The molecule has 3 aromatic rings. The lowest BCUT2D eigenvalue weighted by atomic mass is 10.0. The average molecular weight is 407 g/mol. The molecule has 3 rings (SSSR count). The number of para-hydroxylation sites is 1. The lowest BCUT2D eigenvalue weighted by molar-refractivity contribution is -0.113. The number of thioether (sulfide) groups is 1. The third-order valence-corrected chi connectivity index (χ3v) is 5.46. The van der Waals surface area contributed by atoms with Crippen LogP contribution in [0, 0.1) is 6.92 Å². The zero-order valence-electron chi connectivity index (χ0n) is 17.1. The number of aryl methyl sites for hydroxylation is 1. The average Bonchev–Trinajstić information content (AvgIpc) is 3.09. The molecule has 0 fully saturated rings. The van der Waals surface area contributed by atoms with Gasteiger partial charge in [-0.05, 0) is 30.5 Å². The lowest BCUT2D eigenvalue weighted by Gasteiger charge is -2.13. The van der Waals surface area contributed by atoms with E-state index < -0.39 is 0 Å². The number of allylic oxidation sites excluding steroid dienone is 1. The zero-order valence-corrected chi connectivity index (χ0v) is 17.9. The van der Waals surface area contributed by atoms with Crippen LogP contribution in [0.4, 0.5) is 5.69 Å². The Hall–Kier alpha value is -2.86. The number of rotatable bonds is 8. The second-order valence-electron chi connectivity index (χ2n) is 7.15. The Morgan fingerprint density at radius 1 is 1.21 bits per heavy atom. The molecule has 0 aliphatic rings.